The number of nitrogens with two attached hydrogens (primary N) is 1. The molecule has 0 aromatic heterocycles. The third-order valence-corrected chi connectivity index (χ3v) is 19.4. The molecule has 17 bridgehead atoms. The predicted molar refractivity (Wildman–Crippen MR) is 377 cm³/mol. The molecule has 6 amide bonds. The number of aliphatic hydroxyl groups is 1. The molecule has 28 heteroatoms. The van der Waals surface area contributed by atoms with Crippen molar-refractivity contribution in [3.05, 3.63) is 164 Å². The van der Waals surface area contributed by atoms with Crippen LogP contribution in [-0.2, 0) is 46.5 Å². The molecule has 103 heavy (non-hydrogen) atoms. The second-order valence-electron chi connectivity index (χ2n) is 26.2. The van der Waals surface area contributed by atoms with E-state index in [9.17, 15) is 50.4 Å². The molecule has 7 aromatic carbocycles. The summed E-state index contributed by atoms with van der Waals surface area (Å²) in [6.45, 7) is 5.28. The van der Waals surface area contributed by atoms with Gasteiger partial charge in [-0.1, -0.05) is 126 Å². The summed E-state index contributed by atoms with van der Waals surface area (Å²) in [5.41, 5.74) is 4.60. The number of phenolic OH excluding ortho intramolecular Hbond substituents is 6. The zero-order chi connectivity index (χ0) is 73.5. The number of carboxylic acid groups (broad SMARTS) is 1. The minimum atomic E-state index is -2.21. The van der Waals surface area contributed by atoms with Gasteiger partial charge in [0.05, 0.1) is 15.6 Å². The fourth-order valence-electron chi connectivity index (χ4n) is 13.2. The van der Waals surface area contributed by atoms with Crippen LogP contribution in [0, 0.1) is 0 Å². The third kappa shape index (κ3) is 16.7. The van der Waals surface area contributed by atoms with Crippen LogP contribution >= 0.6 is 23.2 Å². The standard InChI is InChI=1S/C75H80Cl2N8O18/c1-3-5-7-9-11-13-23-85(24-14-12-10-8-6-4-2)36-47-53(89)35-46-59(67(47)91)45-29-39(17-19-51(45)87)61-71(95)84-65(74(98)83-64(46)75(99)100)66(90)40-18-22-55(49(77)30-40)103-58-33-42-32-57(68(58)92)102-54-21-15-37(25-48(54)76)26-50-69(93)80-62(72(96)82-63(42)73(97)81-61)41-27-43(86)34-44(28-41)101-56-31-38(16-20-52(56)88)60(78)70(94)79-50/h15-22,25,27-35,50,60-66,86-92H,3-14,23-24,26,36,78H2,1-2H3,(H,79,94)(H,80,93)(H,81,97)(H,82,96)(H,83,98)(H,84,95)(H,99,100)/t50-,60-,61-,62-,63-,64-,65-,66?/m0/s1. The summed E-state index contributed by atoms with van der Waals surface area (Å²) < 4.78 is 18.6. The van der Waals surface area contributed by atoms with Gasteiger partial charge in [-0.15, -0.1) is 0 Å². The summed E-state index contributed by atoms with van der Waals surface area (Å²) in [4.78, 5) is 108. The van der Waals surface area contributed by atoms with Crippen molar-refractivity contribution in [1.82, 2.24) is 36.8 Å². The monoisotopic (exact) mass is 1450 g/mol. The number of unbranched alkanes of at least 4 members (excludes halogenated alkanes) is 10. The minimum absolute atomic E-state index is 0.0743. The van der Waals surface area contributed by atoms with Gasteiger partial charge in [0, 0.05) is 35.7 Å². The third-order valence-electron chi connectivity index (χ3n) is 18.8. The molecule has 6 aliphatic heterocycles. The Hall–Kier alpha value is -10.5. The number of benzene rings is 7. The van der Waals surface area contributed by atoms with Crippen LogP contribution in [0.4, 0.5) is 0 Å². The number of aliphatic carboxylic acids is 1. The molecule has 0 spiro atoms. The number of aliphatic hydroxyl groups excluding tert-OH is 1. The van der Waals surface area contributed by atoms with Gasteiger partial charge in [0.2, 0.25) is 41.2 Å². The van der Waals surface area contributed by atoms with Crippen molar-refractivity contribution in [3.8, 4) is 80.1 Å². The van der Waals surface area contributed by atoms with E-state index in [0.717, 1.165) is 126 Å². The average molecular weight is 1450 g/mol. The summed E-state index contributed by atoms with van der Waals surface area (Å²) in [6, 6.07) is 7.91. The number of nitrogens with one attached hydrogen (secondary N) is 6. The van der Waals surface area contributed by atoms with E-state index in [-0.39, 0.29) is 85.0 Å². The molecule has 0 fully saturated rings. The first-order chi connectivity index (χ1) is 49.4. The van der Waals surface area contributed by atoms with Crippen LogP contribution in [0.2, 0.25) is 10.0 Å². The van der Waals surface area contributed by atoms with Crippen LogP contribution in [0.3, 0.4) is 0 Å². The maximum atomic E-state index is 16.1. The molecule has 26 nitrogen and oxygen atoms in total. The highest BCUT2D eigenvalue weighted by Gasteiger charge is 2.42. The molecule has 6 aliphatic rings. The minimum Gasteiger partial charge on any atom is -0.508 e. The molecule has 16 N–H and O–H groups in total. The summed E-state index contributed by atoms with van der Waals surface area (Å²) >= 11 is 13.9. The van der Waals surface area contributed by atoms with Crippen molar-refractivity contribution >= 4 is 64.6 Å². The number of hydrogen-bond donors (Lipinski definition) is 15. The van der Waals surface area contributed by atoms with E-state index in [0.29, 0.717) is 18.7 Å². The second-order valence-corrected chi connectivity index (χ2v) is 27.0. The molecule has 542 valence electrons. The van der Waals surface area contributed by atoms with E-state index in [1.165, 1.54) is 60.7 Å². The Morgan fingerprint density at radius 2 is 1.06 bits per heavy atom. The first kappa shape index (κ1) is 73.7. The Labute approximate surface area is 602 Å². The van der Waals surface area contributed by atoms with Crippen molar-refractivity contribution in [2.45, 2.75) is 152 Å². The first-order valence-electron chi connectivity index (χ1n) is 34.2. The van der Waals surface area contributed by atoms with Crippen molar-refractivity contribution in [2.24, 2.45) is 5.73 Å². The highest BCUT2D eigenvalue weighted by molar-refractivity contribution is 6.32. The van der Waals surface area contributed by atoms with Gasteiger partial charge < -0.3 is 92.7 Å². The largest absolute Gasteiger partial charge is 0.508 e. The smallest absolute Gasteiger partial charge is 0.330 e. The number of nitrogens with zero attached hydrogens (tertiary/aromatic N) is 1. The van der Waals surface area contributed by atoms with Gasteiger partial charge in [-0.2, -0.15) is 0 Å². The molecule has 0 saturated carbocycles. The average Bonchev–Trinajstić information content (AvgIpc) is 0.756. The van der Waals surface area contributed by atoms with E-state index in [1.54, 1.807) is 0 Å². The van der Waals surface area contributed by atoms with Crippen LogP contribution in [0.25, 0.3) is 11.1 Å². The van der Waals surface area contributed by atoms with Crippen LogP contribution in [0.1, 0.15) is 172 Å². The molecule has 1 unspecified atom stereocenters. The van der Waals surface area contributed by atoms with E-state index in [2.05, 4.69) is 50.6 Å². The number of carboxylic acids is 1. The SMILES string of the molecule is CCCCCCCCN(CCCCCCCC)Cc1c(O)cc2c(c1O)-c1cc(ccc1O)[C@@H]1NC(=O)[C@H]3NC(=O)[C@H]4NC(=O)[C@H](Cc5ccc(c(Cl)c5)Oc5cc3cc(c5O)Oc3ccc(cc3Cl)C(O)[C@H](NC1=O)C(=O)N[C@@H]2C(=O)O)NC(=O)[C@@H](N)c1ccc(O)c(c1)Oc1cc(O)cc4c1. The number of phenols is 6. The van der Waals surface area contributed by atoms with Crippen LogP contribution in [0.15, 0.2) is 109 Å². The molecule has 0 radical (unpaired) electrons. The molecule has 0 aliphatic carbocycles. The normalized spacial score (nSPS) is 20.3. The van der Waals surface area contributed by atoms with Gasteiger partial charge in [-0.05, 0) is 138 Å². The Morgan fingerprint density at radius 3 is 1.69 bits per heavy atom. The number of fused-ring (bicyclic) bond motifs is 14. The molecule has 0 saturated heterocycles. The van der Waals surface area contributed by atoms with Crippen LogP contribution < -0.4 is 51.8 Å². The Morgan fingerprint density at radius 1 is 0.505 bits per heavy atom. The number of rotatable bonds is 17. The van der Waals surface area contributed by atoms with Gasteiger partial charge in [0.1, 0.15) is 82.6 Å². The predicted octanol–water partition coefficient (Wildman–Crippen LogP) is 10.5. The maximum absolute atomic E-state index is 16.1. The summed E-state index contributed by atoms with van der Waals surface area (Å²) in [5.74, 6) is -14.5. The van der Waals surface area contributed by atoms with Gasteiger partial charge in [0.15, 0.2) is 29.0 Å². The summed E-state index contributed by atoms with van der Waals surface area (Å²) in [5, 5.41) is 110. The van der Waals surface area contributed by atoms with Gasteiger partial charge in [0.25, 0.3) is 0 Å². The van der Waals surface area contributed by atoms with E-state index in [1.807, 2.05) is 0 Å². The highest BCUT2D eigenvalue weighted by atomic mass is 35.5. The molecule has 8 atom stereocenters. The number of ether oxygens (including phenoxy) is 3. The van der Waals surface area contributed by atoms with Crippen LogP contribution in [-0.4, -0.2) is 112 Å². The lowest BCUT2D eigenvalue weighted by Gasteiger charge is -2.31. The van der Waals surface area contributed by atoms with E-state index in [4.69, 9.17) is 43.1 Å². The lowest BCUT2D eigenvalue weighted by atomic mass is 9.87. The molecule has 6 heterocycles. The topological polar surface area (TPSA) is 410 Å². The fourth-order valence-corrected chi connectivity index (χ4v) is 13.6. The van der Waals surface area contributed by atoms with Gasteiger partial charge >= 0.3 is 5.97 Å². The Kier molecular flexibility index (Phi) is 23.1. The van der Waals surface area contributed by atoms with Crippen molar-refractivity contribution in [2.75, 3.05) is 13.1 Å². The van der Waals surface area contributed by atoms with Gasteiger partial charge in [-0.25, -0.2) is 4.79 Å². The fraction of sp³-hybridized carbons (Fsp3) is 0.347. The van der Waals surface area contributed by atoms with Crippen LogP contribution in [0.5, 0.6) is 69.0 Å². The number of aromatic hydroxyl groups is 6. The quantitative estimate of drug-likeness (QED) is 0.0377. The van der Waals surface area contributed by atoms with Crippen molar-refractivity contribution < 1.29 is 88.6 Å². The number of halogens is 2. The number of carbonyl (C=O) groups excluding carboxylic acids is 6. The molecular weight excluding hydrogens is 1370 g/mol. The van der Waals surface area contributed by atoms with E-state index >= 15 is 24.0 Å². The Bertz CT molecular complexity index is 4430. The number of amides is 6. The van der Waals surface area contributed by atoms with E-state index < -0.39 is 147 Å². The highest BCUT2D eigenvalue weighted by Crippen LogP contribution is 2.50. The molecule has 7 aromatic rings. The number of carbonyl (C=O) groups is 7. The molecular formula is C75H80Cl2N8O18. The van der Waals surface area contributed by atoms with Crippen molar-refractivity contribution in [3.63, 3.8) is 0 Å². The first-order valence-corrected chi connectivity index (χ1v) is 34.9. The summed E-state index contributed by atoms with van der Waals surface area (Å²) in [6.07, 6.45) is 9.24. The number of hydrogen-bond acceptors (Lipinski definition) is 19. The van der Waals surface area contributed by atoms with Gasteiger partial charge in [-0.3, -0.25) is 33.7 Å². The maximum Gasteiger partial charge on any atom is 0.330 e. The zero-order valence-corrected chi connectivity index (χ0v) is 57.8. The summed E-state index contributed by atoms with van der Waals surface area (Å²) in [7, 11) is 0. The lowest BCUT2D eigenvalue weighted by molar-refractivity contribution is -0.143. The van der Waals surface area contributed by atoms with Crippen molar-refractivity contribution in [1.29, 1.82) is 0 Å². The Balaban J connectivity index is 1.10. The lowest BCUT2D eigenvalue weighted by Crippen LogP contribution is -2.55. The molecule has 13 rings (SSSR count). The second kappa shape index (κ2) is 32.2. The zero-order valence-electron chi connectivity index (χ0n) is 56.3.